The van der Waals surface area contributed by atoms with Gasteiger partial charge in [-0.3, -0.25) is 14.4 Å². The molecule has 0 amide bonds. The van der Waals surface area contributed by atoms with Crippen LogP contribution in [0.15, 0.2) is 11.6 Å². The second-order valence-corrected chi connectivity index (χ2v) is 14.6. The van der Waals surface area contributed by atoms with Crippen LogP contribution in [0.5, 0.6) is 0 Å². The number of Topliss-reactive ketones (excluding diaryl/α,β-unsaturated/α-hetero) is 1. The lowest BCUT2D eigenvalue weighted by molar-refractivity contribution is -0.250. The Bertz CT molecular complexity index is 1290. The second kappa shape index (κ2) is 8.20. The maximum Gasteiger partial charge on any atom is 0.334 e. The zero-order valence-corrected chi connectivity index (χ0v) is 24.6. The van der Waals surface area contributed by atoms with Crippen molar-refractivity contribution in [1.82, 2.24) is 0 Å². The molecule has 10 heteroatoms. The van der Waals surface area contributed by atoms with Crippen molar-refractivity contribution >= 4 is 23.7 Å². The molecular formula is C31H40O10. The maximum absolute atomic E-state index is 14.6. The van der Waals surface area contributed by atoms with Crippen LogP contribution in [-0.4, -0.2) is 75.6 Å². The molecule has 3 saturated carbocycles. The van der Waals surface area contributed by atoms with E-state index in [2.05, 4.69) is 6.92 Å². The van der Waals surface area contributed by atoms with Gasteiger partial charge < -0.3 is 28.8 Å². The maximum atomic E-state index is 14.6. The van der Waals surface area contributed by atoms with Gasteiger partial charge in [-0.05, 0) is 57.9 Å². The summed E-state index contributed by atoms with van der Waals surface area (Å²) in [5.41, 5.74) is -4.81. The molecule has 7 aliphatic rings. The topological polar surface area (TPSA) is 135 Å². The Labute approximate surface area is 239 Å². The first-order valence-corrected chi connectivity index (χ1v) is 15.0. The highest BCUT2D eigenvalue weighted by molar-refractivity contribution is 5.90. The molecule has 3 saturated heterocycles. The van der Waals surface area contributed by atoms with Gasteiger partial charge >= 0.3 is 17.9 Å². The van der Waals surface area contributed by atoms with E-state index in [1.165, 1.54) is 6.92 Å². The van der Waals surface area contributed by atoms with E-state index in [1.54, 1.807) is 13.0 Å². The van der Waals surface area contributed by atoms with Crippen LogP contribution in [-0.2, 0) is 42.9 Å². The molecule has 2 spiro atoms. The molecule has 4 aliphatic heterocycles. The fourth-order valence-electron chi connectivity index (χ4n) is 10.7. The van der Waals surface area contributed by atoms with Gasteiger partial charge in [-0.1, -0.05) is 13.8 Å². The SMILES string of the molecule is CC(=O)O[C@H]1C[C@@H]2[C@H](C)[C@@H]([C@@H]3C=C(C)C(=O)O3)O[C@@]23CC[C@]2(O)C[C@]45OC(=O)C[C@H]4OC(C)(C)[C@@H]5CC(=O)[C@H]2[C@@]13C. The molecule has 41 heavy (non-hydrogen) atoms. The quantitative estimate of drug-likeness (QED) is 0.389. The van der Waals surface area contributed by atoms with E-state index in [-0.39, 0.29) is 55.2 Å². The number of esters is 3. The van der Waals surface area contributed by atoms with Crippen LogP contribution in [0.3, 0.4) is 0 Å². The van der Waals surface area contributed by atoms with Gasteiger partial charge in [0.1, 0.15) is 35.8 Å². The molecule has 0 bridgehead atoms. The third-order valence-electron chi connectivity index (χ3n) is 12.2. The van der Waals surface area contributed by atoms with Crippen LogP contribution < -0.4 is 0 Å². The molecule has 0 aromatic heterocycles. The van der Waals surface area contributed by atoms with Crippen LogP contribution in [0, 0.1) is 29.1 Å². The van der Waals surface area contributed by atoms with Gasteiger partial charge in [-0.2, -0.15) is 0 Å². The molecule has 224 valence electrons. The highest BCUT2D eigenvalue weighted by Gasteiger charge is 2.81. The van der Waals surface area contributed by atoms with Crippen LogP contribution in [0.2, 0.25) is 0 Å². The fraction of sp³-hybridized carbons (Fsp3) is 0.806. The van der Waals surface area contributed by atoms with E-state index in [0.717, 1.165) is 0 Å². The number of carbonyl (C=O) groups is 4. The number of carbonyl (C=O) groups excluding carboxylic acids is 4. The zero-order chi connectivity index (χ0) is 29.5. The predicted molar refractivity (Wildman–Crippen MR) is 140 cm³/mol. The van der Waals surface area contributed by atoms with Crippen LogP contribution >= 0.6 is 0 Å². The Balaban J connectivity index is 1.34. The number of ketones is 1. The molecule has 12 atom stereocenters. The molecule has 0 aromatic carbocycles. The number of hydrogen-bond donors (Lipinski definition) is 1. The van der Waals surface area contributed by atoms with Crippen molar-refractivity contribution < 1.29 is 48.0 Å². The molecular weight excluding hydrogens is 532 g/mol. The van der Waals surface area contributed by atoms with Gasteiger partial charge in [0.15, 0.2) is 0 Å². The van der Waals surface area contributed by atoms with Gasteiger partial charge in [0.05, 0.1) is 29.1 Å². The first-order valence-electron chi connectivity index (χ1n) is 15.0. The lowest BCUT2D eigenvalue weighted by atomic mass is 9.50. The van der Waals surface area contributed by atoms with Crippen molar-refractivity contribution in [3.63, 3.8) is 0 Å². The van der Waals surface area contributed by atoms with Gasteiger partial charge in [-0.15, -0.1) is 0 Å². The highest BCUT2D eigenvalue weighted by atomic mass is 16.6. The number of cyclic esters (lactones) is 1. The molecule has 1 N–H and O–H groups in total. The van der Waals surface area contributed by atoms with Crippen molar-refractivity contribution in [2.45, 2.75) is 127 Å². The minimum atomic E-state index is -1.53. The highest BCUT2D eigenvalue weighted by Crippen LogP contribution is 2.72. The molecule has 0 unspecified atom stereocenters. The minimum Gasteiger partial charge on any atom is -0.462 e. The third-order valence-corrected chi connectivity index (χ3v) is 12.2. The molecule has 4 heterocycles. The van der Waals surface area contributed by atoms with Gasteiger partial charge in [-0.25, -0.2) is 4.79 Å². The molecule has 6 fully saturated rings. The number of rotatable bonds is 2. The lowest BCUT2D eigenvalue weighted by Gasteiger charge is -2.58. The summed E-state index contributed by atoms with van der Waals surface area (Å²) in [7, 11) is 0. The summed E-state index contributed by atoms with van der Waals surface area (Å²) in [6.07, 6.45) is 0.967. The van der Waals surface area contributed by atoms with Crippen LogP contribution in [0.25, 0.3) is 0 Å². The number of ether oxygens (including phenoxy) is 5. The van der Waals surface area contributed by atoms with Gasteiger partial charge in [0.2, 0.25) is 0 Å². The van der Waals surface area contributed by atoms with E-state index in [1.807, 2.05) is 20.8 Å². The normalized spacial score (nSPS) is 52.9. The molecule has 7 rings (SSSR count). The first-order chi connectivity index (χ1) is 19.1. The average Bonchev–Trinajstić information content (AvgIpc) is 3.53. The molecule has 10 nitrogen and oxygen atoms in total. The zero-order valence-electron chi connectivity index (χ0n) is 24.6. The summed E-state index contributed by atoms with van der Waals surface area (Å²) < 4.78 is 31.0. The molecule has 0 aromatic rings. The fourth-order valence-corrected chi connectivity index (χ4v) is 10.7. The van der Waals surface area contributed by atoms with Gasteiger partial charge in [0.25, 0.3) is 0 Å². The Morgan fingerprint density at radius 1 is 1.10 bits per heavy atom. The van der Waals surface area contributed by atoms with E-state index in [0.29, 0.717) is 18.4 Å². The second-order valence-electron chi connectivity index (χ2n) is 14.6. The van der Waals surface area contributed by atoms with E-state index in [4.69, 9.17) is 23.7 Å². The monoisotopic (exact) mass is 572 g/mol. The number of hydrogen-bond acceptors (Lipinski definition) is 10. The average molecular weight is 573 g/mol. The lowest BCUT2D eigenvalue weighted by Crippen LogP contribution is -2.67. The largest absolute Gasteiger partial charge is 0.462 e. The van der Waals surface area contributed by atoms with E-state index in [9.17, 15) is 24.3 Å². The standard InChI is InChI=1S/C31H40O10/c1-14-9-19(38-26(14)35)24-15(2)17-10-21(37-16(3)32)28(6)25-18(33)11-20-27(4,5)39-22-12-23(34)40-30(20,22)13-29(25,36)7-8-31(17,28)41-24/h9,15,17,19-22,24-25,36H,7-8,10-13H2,1-6H3/t15-,17+,19-,20-,21-,22+,24-,25-,28+,29-,30+,31-/m0/s1. The summed E-state index contributed by atoms with van der Waals surface area (Å²) in [6.45, 7) is 10.9. The van der Waals surface area contributed by atoms with Crippen molar-refractivity contribution in [2.75, 3.05) is 0 Å². The summed E-state index contributed by atoms with van der Waals surface area (Å²) in [4.78, 5) is 51.9. The molecule has 0 radical (unpaired) electrons. The summed E-state index contributed by atoms with van der Waals surface area (Å²) in [5.74, 6) is -2.87. The summed E-state index contributed by atoms with van der Waals surface area (Å²) in [6, 6.07) is 0. The minimum absolute atomic E-state index is 0.0626. The Kier molecular flexibility index (Phi) is 5.50. The Morgan fingerprint density at radius 3 is 2.49 bits per heavy atom. The smallest absolute Gasteiger partial charge is 0.334 e. The summed E-state index contributed by atoms with van der Waals surface area (Å²) >= 11 is 0. The Morgan fingerprint density at radius 2 is 1.83 bits per heavy atom. The number of aliphatic hydroxyl groups is 1. The first kappa shape index (κ1) is 27.5. The van der Waals surface area contributed by atoms with Crippen molar-refractivity contribution in [2.24, 2.45) is 29.1 Å². The van der Waals surface area contributed by atoms with Crippen LogP contribution in [0.4, 0.5) is 0 Å². The van der Waals surface area contributed by atoms with Crippen molar-refractivity contribution in [3.05, 3.63) is 11.6 Å². The van der Waals surface area contributed by atoms with E-state index >= 15 is 0 Å². The predicted octanol–water partition coefficient (Wildman–Crippen LogP) is 2.57. The van der Waals surface area contributed by atoms with Crippen molar-refractivity contribution in [3.8, 4) is 0 Å². The summed E-state index contributed by atoms with van der Waals surface area (Å²) in [5, 5.41) is 12.6. The Hall–Kier alpha value is -2.30. The van der Waals surface area contributed by atoms with E-state index < -0.39 is 70.0 Å². The third kappa shape index (κ3) is 3.30. The van der Waals surface area contributed by atoms with Crippen LogP contribution in [0.1, 0.15) is 80.1 Å². The van der Waals surface area contributed by atoms with Gasteiger partial charge in [0, 0.05) is 36.7 Å². The van der Waals surface area contributed by atoms with Crippen molar-refractivity contribution in [1.29, 1.82) is 0 Å². The molecule has 3 aliphatic carbocycles. The number of fused-ring (bicyclic) bond motifs is 2.